The van der Waals surface area contributed by atoms with Gasteiger partial charge in [-0.3, -0.25) is 9.59 Å². The third-order valence-corrected chi connectivity index (χ3v) is 4.15. The minimum atomic E-state index is -2.88. The van der Waals surface area contributed by atoms with Crippen molar-refractivity contribution in [3.8, 4) is 5.75 Å². The van der Waals surface area contributed by atoms with Crippen molar-refractivity contribution in [2.75, 3.05) is 22.1 Å². The number of nitrogens with zero attached hydrogens (tertiary/aromatic N) is 1. The van der Waals surface area contributed by atoms with Gasteiger partial charge in [0.15, 0.2) is 0 Å². The smallest absolute Gasteiger partial charge is 0.387 e. The second kappa shape index (κ2) is 8.03. The lowest BCUT2D eigenvalue weighted by molar-refractivity contribution is -0.118. The summed E-state index contributed by atoms with van der Waals surface area (Å²) in [5.74, 6) is -0.311. The highest BCUT2D eigenvalue weighted by atomic mass is 19.3. The Hall–Kier alpha value is -3.16. The number of fused-ring (bicyclic) bond motifs is 1. The molecule has 0 aliphatic carbocycles. The SMILES string of the molecule is C[C@H]1CC(=O)Nc2ccccc2N1C(=O)CNc1ccc(OC(F)F)cc1. The Balaban J connectivity index is 1.71. The van der Waals surface area contributed by atoms with Crippen LogP contribution in [-0.4, -0.2) is 31.0 Å². The standard InChI is InChI=1S/C19H19F2N3O3/c1-12-10-17(25)23-15-4-2-3-5-16(15)24(12)18(26)11-22-13-6-8-14(9-7-13)27-19(20)21/h2-9,12,19,22H,10-11H2,1H3,(H,23,25)/t12-/m0/s1. The van der Waals surface area contributed by atoms with Crippen LogP contribution in [0, 0.1) is 0 Å². The molecule has 1 heterocycles. The number of alkyl halides is 2. The Bertz CT molecular complexity index is 827. The van der Waals surface area contributed by atoms with Crippen LogP contribution in [0.15, 0.2) is 48.5 Å². The molecule has 8 heteroatoms. The summed E-state index contributed by atoms with van der Waals surface area (Å²) in [7, 11) is 0. The van der Waals surface area contributed by atoms with Crippen LogP contribution in [0.5, 0.6) is 5.75 Å². The molecule has 2 aromatic carbocycles. The average molecular weight is 375 g/mol. The van der Waals surface area contributed by atoms with Crippen molar-refractivity contribution in [2.45, 2.75) is 26.0 Å². The summed E-state index contributed by atoms with van der Waals surface area (Å²) in [4.78, 5) is 26.4. The molecule has 27 heavy (non-hydrogen) atoms. The van der Waals surface area contributed by atoms with Crippen LogP contribution in [0.2, 0.25) is 0 Å². The molecule has 3 rings (SSSR count). The first-order valence-corrected chi connectivity index (χ1v) is 8.43. The van der Waals surface area contributed by atoms with Gasteiger partial charge >= 0.3 is 6.61 Å². The van der Waals surface area contributed by atoms with Crippen LogP contribution in [0.4, 0.5) is 25.8 Å². The Morgan fingerprint density at radius 2 is 1.96 bits per heavy atom. The van der Waals surface area contributed by atoms with E-state index in [0.717, 1.165) is 0 Å². The van der Waals surface area contributed by atoms with E-state index < -0.39 is 6.61 Å². The summed E-state index contributed by atoms with van der Waals surface area (Å²) >= 11 is 0. The topological polar surface area (TPSA) is 70.7 Å². The molecule has 0 saturated heterocycles. The van der Waals surface area contributed by atoms with Gasteiger partial charge in [-0.25, -0.2) is 0 Å². The van der Waals surface area contributed by atoms with E-state index in [1.807, 2.05) is 6.92 Å². The minimum absolute atomic E-state index is 0.0120. The first kappa shape index (κ1) is 18.6. The maximum atomic E-state index is 12.8. The third-order valence-electron chi connectivity index (χ3n) is 4.15. The zero-order valence-electron chi connectivity index (χ0n) is 14.6. The quantitative estimate of drug-likeness (QED) is 0.840. The number of halogens is 2. The molecular formula is C19H19F2N3O3. The summed E-state index contributed by atoms with van der Waals surface area (Å²) in [6, 6.07) is 12.7. The van der Waals surface area contributed by atoms with Gasteiger partial charge in [0, 0.05) is 18.2 Å². The van der Waals surface area contributed by atoms with E-state index in [4.69, 9.17) is 0 Å². The van der Waals surface area contributed by atoms with Gasteiger partial charge in [0.1, 0.15) is 5.75 Å². The number of carbonyl (C=O) groups excluding carboxylic acids is 2. The molecule has 142 valence electrons. The number of benzene rings is 2. The van der Waals surface area contributed by atoms with Crippen LogP contribution in [0.25, 0.3) is 0 Å². The molecule has 0 saturated carbocycles. The van der Waals surface area contributed by atoms with E-state index in [9.17, 15) is 18.4 Å². The first-order valence-electron chi connectivity index (χ1n) is 8.43. The van der Waals surface area contributed by atoms with E-state index in [0.29, 0.717) is 17.1 Å². The predicted molar refractivity (Wildman–Crippen MR) is 98.2 cm³/mol. The van der Waals surface area contributed by atoms with Crippen molar-refractivity contribution in [1.29, 1.82) is 0 Å². The van der Waals surface area contributed by atoms with E-state index >= 15 is 0 Å². The van der Waals surface area contributed by atoms with Crippen molar-refractivity contribution >= 4 is 28.9 Å². The van der Waals surface area contributed by atoms with Gasteiger partial charge in [-0.05, 0) is 43.3 Å². The van der Waals surface area contributed by atoms with Crippen molar-refractivity contribution in [3.05, 3.63) is 48.5 Å². The van der Waals surface area contributed by atoms with E-state index in [1.165, 1.54) is 12.1 Å². The van der Waals surface area contributed by atoms with Crippen LogP contribution in [0.1, 0.15) is 13.3 Å². The largest absolute Gasteiger partial charge is 0.435 e. The molecule has 0 spiro atoms. The molecule has 2 N–H and O–H groups in total. The number of rotatable bonds is 5. The highest BCUT2D eigenvalue weighted by Gasteiger charge is 2.29. The van der Waals surface area contributed by atoms with Gasteiger partial charge < -0.3 is 20.3 Å². The summed E-state index contributed by atoms with van der Waals surface area (Å²) in [5, 5.41) is 5.77. The number of anilines is 3. The van der Waals surface area contributed by atoms with Gasteiger partial charge in [-0.15, -0.1) is 0 Å². The van der Waals surface area contributed by atoms with Crippen LogP contribution in [0.3, 0.4) is 0 Å². The third kappa shape index (κ3) is 4.52. The fraction of sp³-hybridized carbons (Fsp3) is 0.263. The molecule has 0 bridgehead atoms. The lowest BCUT2D eigenvalue weighted by Gasteiger charge is -2.28. The number of nitrogens with one attached hydrogen (secondary N) is 2. The molecule has 2 amide bonds. The fourth-order valence-corrected chi connectivity index (χ4v) is 2.98. The highest BCUT2D eigenvalue weighted by molar-refractivity contribution is 6.05. The minimum Gasteiger partial charge on any atom is -0.435 e. The molecule has 0 fully saturated rings. The predicted octanol–water partition coefficient (Wildman–Crippen LogP) is 3.46. The second-order valence-electron chi connectivity index (χ2n) is 6.14. The van der Waals surface area contributed by atoms with Crippen molar-refractivity contribution < 1.29 is 23.1 Å². The summed E-state index contributed by atoms with van der Waals surface area (Å²) in [6.45, 7) is -1.08. The number of hydrogen-bond donors (Lipinski definition) is 2. The second-order valence-corrected chi connectivity index (χ2v) is 6.14. The Morgan fingerprint density at radius 1 is 1.26 bits per heavy atom. The molecule has 0 radical (unpaired) electrons. The number of carbonyl (C=O) groups is 2. The Labute approximate surface area is 155 Å². The Morgan fingerprint density at radius 3 is 2.67 bits per heavy atom. The maximum absolute atomic E-state index is 12.8. The van der Waals surface area contributed by atoms with E-state index in [1.54, 1.807) is 41.3 Å². The van der Waals surface area contributed by atoms with Crippen LogP contribution < -0.4 is 20.3 Å². The van der Waals surface area contributed by atoms with Gasteiger partial charge in [-0.2, -0.15) is 8.78 Å². The molecule has 1 aliphatic rings. The molecule has 2 aromatic rings. The van der Waals surface area contributed by atoms with Crippen LogP contribution in [-0.2, 0) is 9.59 Å². The molecule has 1 atom stereocenters. The van der Waals surface area contributed by atoms with Crippen LogP contribution >= 0.6 is 0 Å². The summed E-state index contributed by atoms with van der Waals surface area (Å²) < 4.78 is 28.7. The lowest BCUT2D eigenvalue weighted by atomic mass is 10.1. The zero-order valence-corrected chi connectivity index (χ0v) is 14.6. The molecule has 0 aromatic heterocycles. The highest BCUT2D eigenvalue weighted by Crippen LogP contribution is 2.31. The van der Waals surface area contributed by atoms with Gasteiger partial charge in [0.05, 0.1) is 17.9 Å². The molecular weight excluding hydrogens is 356 g/mol. The maximum Gasteiger partial charge on any atom is 0.387 e. The summed E-state index contributed by atoms with van der Waals surface area (Å²) in [6.07, 6.45) is 0.195. The van der Waals surface area contributed by atoms with E-state index in [-0.39, 0.29) is 36.6 Å². The van der Waals surface area contributed by atoms with Crippen molar-refractivity contribution in [1.82, 2.24) is 0 Å². The number of hydrogen-bond acceptors (Lipinski definition) is 4. The number of ether oxygens (including phenoxy) is 1. The van der Waals surface area contributed by atoms with Gasteiger partial charge in [-0.1, -0.05) is 12.1 Å². The fourth-order valence-electron chi connectivity index (χ4n) is 2.98. The molecule has 6 nitrogen and oxygen atoms in total. The van der Waals surface area contributed by atoms with Gasteiger partial charge in [0.2, 0.25) is 11.8 Å². The lowest BCUT2D eigenvalue weighted by Crippen LogP contribution is -2.42. The molecule has 0 unspecified atom stereocenters. The average Bonchev–Trinajstić information content (AvgIpc) is 2.74. The van der Waals surface area contributed by atoms with Gasteiger partial charge in [0.25, 0.3) is 0 Å². The Kier molecular flexibility index (Phi) is 5.54. The number of amides is 2. The zero-order chi connectivity index (χ0) is 19.4. The molecule has 1 aliphatic heterocycles. The number of para-hydroxylation sites is 2. The first-order chi connectivity index (χ1) is 12.9. The monoisotopic (exact) mass is 375 g/mol. The normalized spacial score (nSPS) is 16.4. The van der Waals surface area contributed by atoms with Crippen molar-refractivity contribution in [3.63, 3.8) is 0 Å². The summed E-state index contributed by atoms with van der Waals surface area (Å²) in [5.41, 5.74) is 1.83. The van der Waals surface area contributed by atoms with E-state index in [2.05, 4.69) is 15.4 Å². The van der Waals surface area contributed by atoms with Crippen molar-refractivity contribution in [2.24, 2.45) is 0 Å².